The largest absolute Gasteiger partial charge is 0.340 e. The first-order chi connectivity index (χ1) is 13.6. The maximum Gasteiger partial charge on any atom is 0.234 e. The van der Waals surface area contributed by atoms with E-state index in [0.717, 1.165) is 49.1 Å². The van der Waals surface area contributed by atoms with Crippen molar-refractivity contribution in [2.75, 3.05) is 44.3 Å². The molecule has 0 atom stereocenters. The van der Waals surface area contributed by atoms with Gasteiger partial charge in [-0.3, -0.25) is 4.79 Å². The summed E-state index contributed by atoms with van der Waals surface area (Å²) in [5.41, 5.74) is 3.03. The molecule has 1 saturated heterocycles. The molecule has 0 bridgehead atoms. The van der Waals surface area contributed by atoms with Crippen LogP contribution in [0, 0.1) is 0 Å². The smallest absolute Gasteiger partial charge is 0.234 e. The Balaban J connectivity index is 1.63. The monoisotopic (exact) mass is 397 g/mol. The predicted molar refractivity (Wildman–Crippen MR) is 119 cm³/mol. The third-order valence-electron chi connectivity index (χ3n) is 4.85. The average molecular weight is 398 g/mol. The molecule has 1 aliphatic heterocycles. The number of aliphatic imine (C=N–C) groups is 1. The number of benzene rings is 2. The van der Waals surface area contributed by atoms with Gasteiger partial charge in [-0.1, -0.05) is 49.0 Å². The van der Waals surface area contributed by atoms with Gasteiger partial charge in [0.2, 0.25) is 5.91 Å². The number of rotatable bonds is 5. The topological polar surface area (TPSA) is 49.1 Å². The van der Waals surface area contributed by atoms with Crippen molar-refractivity contribution in [3.05, 3.63) is 60.2 Å². The van der Waals surface area contributed by atoms with Crippen molar-refractivity contribution in [1.29, 1.82) is 0 Å². The normalized spacial score (nSPS) is 15.5. The van der Waals surface area contributed by atoms with E-state index in [0.29, 0.717) is 5.75 Å². The number of hydrogen-bond acceptors (Lipinski definition) is 3. The van der Waals surface area contributed by atoms with Crippen LogP contribution in [-0.4, -0.2) is 55.0 Å². The summed E-state index contributed by atoms with van der Waals surface area (Å²) in [6, 6.07) is 18.0. The molecule has 0 unspecified atom stereocenters. The van der Waals surface area contributed by atoms with E-state index in [-0.39, 0.29) is 5.91 Å². The molecule has 0 saturated carbocycles. The van der Waals surface area contributed by atoms with Gasteiger partial charge in [0, 0.05) is 5.69 Å². The Morgan fingerprint density at radius 1 is 1.11 bits per heavy atom. The highest BCUT2D eigenvalue weighted by Gasteiger charge is 2.21. The summed E-state index contributed by atoms with van der Waals surface area (Å²) in [5, 5.41) is 3.91. The molecule has 6 heteroatoms. The van der Waals surface area contributed by atoms with E-state index in [1.54, 1.807) is 0 Å². The number of nitrogens with one attached hydrogen (secondary N) is 2. The highest BCUT2D eigenvalue weighted by atomic mass is 32.2. The first-order valence-corrected chi connectivity index (χ1v) is 10.8. The average Bonchev–Trinajstić information content (AvgIpc) is 2.73. The molecule has 1 fully saturated rings. The van der Waals surface area contributed by atoms with E-state index < -0.39 is 0 Å². The van der Waals surface area contributed by atoms with Crippen LogP contribution in [0.4, 0.5) is 11.4 Å². The summed E-state index contributed by atoms with van der Waals surface area (Å²) in [6.45, 7) is 6.22. The van der Waals surface area contributed by atoms with Gasteiger partial charge in [-0.05, 0) is 36.2 Å². The van der Waals surface area contributed by atoms with Crippen LogP contribution < -0.4 is 10.2 Å². The second-order valence-electron chi connectivity index (χ2n) is 7.06. The lowest BCUT2D eigenvalue weighted by atomic mass is 10.1. The van der Waals surface area contributed by atoms with Crippen molar-refractivity contribution in [3.63, 3.8) is 0 Å². The summed E-state index contributed by atoms with van der Waals surface area (Å²) in [4.78, 5) is 21.1. The van der Waals surface area contributed by atoms with Gasteiger partial charge in [0.25, 0.3) is 0 Å². The summed E-state index contributed by atoms with van der Waals surface area (Å²) < 4.78 is 0. The number of piperazine rings is 1. The lowest BCUT2D eigenvalue weighted by Crippen LogP contribution is -3.12. The summed E-state index contributed by atoms with van der Waals surface area (Å²) >= 11 is 1.51. The van der Waals surface area contributed by atoms with Crippen molar-refractivity contribution >= 4 is 34.2 Å². The van der Waals surface area contributed by atoms with Gasteiger partial charge in [-0.2, -0.15) is 0 Å². The zero-order valence-corrected chi connectivity index (χ0v) is 17.5. The fourth-order valence-corrected chi connectivity index (χ4v) is 3.91. The summed E-state index contributed by atoms with van der Waals surface area (Å²) in [6.07, 6.45) is 0.996. The standard InChI is InChI=1S/C22H28N4OS/c1-3-18-9-11-20(12-10-18)23-21(27)17-28-22(24-19-7-5-4-6-8-19)26-15-13-25(2)14-16-26/h4-12H,3,13-17H2,1-2H3,(H,23,27)/p+1. The molecule has 0 aliphatic carbocycles. The number of carbonyl (C=O) groups is 1. The van der Waals surface area contributed by atoms with E-state index >= 15 is 0 Å². The molecule has 2 N–H and O–H groups in total. The molecule has 1 aliphatic rings. The van der Waals surface area contributed by atoms with E-state index in [1.165, 1.54) is 22.2 Å². The van der Waals surface area contributed by atoms with Crippen LogP contribution >= 0.6 is 11.8 Å². The van der Waals surface area contributed by atoms with Crippen LogP contribution in [-0.2, 0) is 11.2 Å². The number of para-hydroxylation sites is 1. The highest BCUT2D eigenvalue weighted by Crippen LogP contribution is 2.18. The van der Waals surface area contributed by atoms with Gasteiger partial charge in [-0.25, -0.2) is 4.99 Å². The maximum atomic E-state index is 12.4. The van der Waals surface area contributed by atoms with Crippen molar-refractivity contribution in [3.8, 4) is 0 Å². The minimum atomic E-state index is -0.00485. The molecule has 28 heavy (non-hydrogen) atoms. The minimum Gasteiger partial charge on any atom is -0.340 e. The Morgan fingerprint density at radius 3 is 2.43 bits per heavy atom. The molecule has 5 nitrogen and oxygen atoms in total. The summed E-state index contributed by atoms with van der Waals surface area (Å²) in [5.74, 6) is 0.343. The van der Waals surface area contributed by atoms with Crippen LogP contribution in [0.1, 0.15) is 12.5 Å². The van der Waals surface area contributed by atoms with Gasteiger partial charge in [0.15, 0.2) is 5.17 Å². The first kappa shape index (κ1) is 20.4. The van der Waals surface area contributed by atoms with Crippen molar-refractivity contribution < 1.29 is 9.69 Å². The lowest BCUT2D eigenvalue weighted by molar-refractivity contribution is -0.883. The van der Waals surface area contributed by atoms with Crippen LogP contribution in [0.2, 0.25) is 0 Å². The number of hydrogen-bond donors (Lipinski definition) is 2. The minimum absolute atomic E-state index is 0.00485. The number of amides is 1. The Labute approximate surface area is 171 Å². The Kier molecular flexibility index (Phi) is 7.51. The molecule has 1 heterocycles. The molecule has 0 radical (unpaired) electrons. The fourth-order valence-electron chi connectivity index (χ4n) is 3.04. The zero-order chi connectivity index (χ0) is 19.8. The molecule has 148 valence electrons. The van der Waals surface area contributed by atoms with Crippen LogP contribution in [0.5, 0.6) is 0 Å². The number of aryl methyl sites for hydroxylation is 1. The first-order valence-electron chi connectivity index (χ1n) is 9.85. The van der Waals surface area contributed by atoms with E-state index in [2.05, 4.69) is 36.3 Å². The van der Waals surface area contributed by atoms with Crippen LogP contribution in [0.25, 0.3) is 0 Å². The Hall–Kier alpha value is -2.31. The van der Waals surface area contributed by atoms with Gasteiger partial charge >= 0.3 is 0 Å². The number of amidine groups is 1. The van der Waals surface area contributed by atoms with Gasteiger partial charge in [0.1, 0.15) is 0 Å². The molecular formula is C22H29N4OS+. The second kappa shape index (κ2) is 10.3. The van der Waals surface area contributed by atoms with Crippen molar-refractivity contribution in [2.45, 2.75) is 13.3 Å². The molecular weight excluding hydrogens is 368 g/mol. The zero-order valence-electron chi connectivity index (χ0n) is 16.6. The third kappa shape index (κ3) is 6.11. The predicted octanol–water partition coefficient (Wildman–Crippen LogP) is 2.44. The van der Waals surface area contributed by atoms with Crippen molar-refractivity contribution in [1.82, 2.24) is 4.90 Å². The number of likely N-dealkylation sites (N-methyl/N-ethyl adjacent to an activating group) is 1. The highest BCUT2D eigenvalue weighted by molar-refractivity contribution is 8.14. The van der Waals surface area contributed by atoms with Gasteiger partial charge < -0.3 is 15.1 Å². The quantitative estimate of drug-likeness (QED) is 0.602. The van der Waals surface area contributed by atoms with E-state index in [1.807, 2.05) is 42.5 Å². The number of quaternary nitrogens is 1. The number of thioether (sulfide) groups is 1. The number of nitrogens with zero attached hydrogens (tertiary/aromatic N) is 2. The number of carbonyl (C=O) groups excluding carboxylic acids is 1. The van der Waals surface area contributed by atoms with Crippen LogP contribution in [0.3, 0.4) is 0 Å². The SMILES string of the molecule is CCc1ccc(NC(=O)CSC(=Nc2ccccc2)N2CC[NH+](C)CC2)cc1. The fraction of sp³-hybridized carbons (Fsp3) is 0.364. The molecule has 2 aromatic rings. The second-order valence-corrected chi connectivity index (χ2v) is 8.00. The summed E-state index contributed by atoms with van der Waals surface area (Å²) in [7, 11) is 2.22. The van der Waals surface area contributed by atoms with Gasteiger partial charge in [-0.15, -0.1) is 0 Å². The molecule has 0 aromatic heterocycles. The van der Waals surface area contributed by atoms with Crippen LogP contribution in [0.15, 0.2) is 59.6 Å². The Morgan fingerprint density at radius 2 is 1.79 bits per heavy atom. The molecule has 0 spiro atoms. The Bertz CT molecular complexity index is 784. The molecule has 2 aromatic carbocycles. The lowest BCUT2D eigenvalue weighted by Gasteiger charge is -2.32. The maximum absolute atomic E-state index is 12.4. The van der Waals surface area contributed by atoms with E-state index in [4.69, 9.17) is 4.99 Å². The third-order valence-corrected chi connectivity index (χ3v) is 5.86. The number of anilines is 1. The molecule has 1 amide bonds. The van der Waals surface area contributed by atoms with Crippen molar-refractivity contribution in [2.24, 2.45) is 4.99 Å². The van der Waals surface area contributed by atoms with E-state index in [9.17, 15) is 4.79 Å². The molecule has 3 rings (SSSR count). The van der Waals surface area contributed by atoms with Gasteiger partial charge in [0.05, 0.1) is 44.7 Å².